The van der Waals surface area contributed by atoms with Gasteiger partial charge in [-0.05, 0) is 23.6 Å². The molecular weight excluding hydrogens is 410 g/mol. The minimum atomic E-state index is -0.614. The number of hydrogen-bond donors (Lipinski definition) is 3. The van der Waals surface area contributed by atoms with Gasteiger partial charge in [-0.3, -0.25) is 19.7 Å². The summed E-state index contributed by atoms with van der Waals surface area (Å²) in [6.45, 7) is 4.54. The van der Waals surface area contributed by atoms with E-state index in [0.717, 1.165) is 43.1 Å². The third-order valence-corrected chi connectivity index (χ3v) is 6.22. The summed E-state index contributed by atoms with van der Waals surface area (Å²) < 4.78 is 0. The fraction of sp³-hybridized carbons (Fsp3) is 0.409. The Morgan fingerprint density at radius 1 is 1.09 bits per heavy atom. The first-order chi connectivity index (χ1) is 15.6. The second kappa shape index (κ2) is 8.54. The molecule has 3 amide bonds. The van der Waals surface area contributed by atoms with Gasteiger partial charge in [0.05, 0.1) is 12.4 Å². The molecule has 5 rings (SSSR count). The number of benzene rings is 1. The molecule has 10 heteroatoms. The van der Waals surface area contributed by atoms with Crippen molar-refractivity contribution in [1.29, 1.82) is 0 Å². The Hall–Kier alpha value is -3.53. The second-order valence-electron chi connectivity index (χ2n) is 8.19. The molecule has 0 saturated carbocycles. The number of piperazine rings is 1. The summed E-state index contributed by atoms with van der Waals surface area (Å²) in [5.74, 6) is 0.666. The zero-order valence-electron chi connectivity index (χ0n) is 17.6. The summed E-state index contributed by atoms with van der Waals surface area (Å²) in [6.07, 6.45) is 4.10. The number of aromatic nitrogens is 2. The van der Waals surface area contributed by atoms with Crippen LogP contribution in [0.4, 0.5) is 11.6 Å². The van der Waals surface area contributed by atoms with Crippen LogP contribution < -0.4 is 20.9 Å². The Kier molecular flexibility index (Phi) is 5.44. The zero-order chi connectivity index (χ0) is 22.1. The number of imide groups is 1. The fourth-order valence-corrected chi connectivity index (χ4v) is 4.47. The van der Waals surface area contributed by atoms with E-state index in [9.17, 15) is 14.4 Å². The van der Waals surface area contributed by atoms with Crippen LogP contribution in [-0.2, 0) is 22.7 Å². The average molecular weight is 435 g/mol. The van der Waals surface area contributed by atoms with Crippen LogP contribution >= 0.6 is 0 Å². The van der Waals surface area contributed by atoms with Crippen molar-refractivity contribution in [3.63, 3.8) is 0 Å². The number of fused-ring (bicyclic) bond motifs is 1. The predicted octanol–water partition coefficient (Wildman–Crippen LogP) is 0.259. The summed E-state index contributed by atoms with van der Waals surface area (Å²) in [4.78, 5) is 49.4. The van der Waals surface area contributed by atoms with Gasteiger partial charge in [-0.15, -0.1) is 0 Å². The number of hydrogen-bond acceptors (Lipinski definition) is 8. The van der Waals surface area contributed by atoms with Gasteiger partial charge in [0.25, 0.3) is 5.91 Å². The van der Waals surface area contributed by atoms with Gasteiger partial charge >= 0.3 is 0 Å². The van der Waals surface area contributed by atoms with Crippen LogP contribution in [-0.4, -0.2) is 64.8 Å². The van der Waals surface area contributed by atoms with Crippen LogP contribution in [0.2, 0.25) is 0 Å². The molecule has 1 atom stereocenters. The molecule has 0 spiro atoms. The van der Waals surface area contributed by atoms with E-state index in [-0.39, 0.29) is 18.2 Å². The van der Waals surface area contributed by atoms with E-state index in [4.69, 9.17) is 0 Å². The van der Waals surface area contributed by atoms with Crippen molar-refractivity contribution >= 4 is 29.4 Å². The highest BCUT2D eigenvalue weighted by Crippen LogP contribution is 2.30. The van der Waals surface area contributed by atoms with Crippen LogP contribution in [0.3, 0.4) is 0 Å². The van der Waals surface area contributed by atoms with Gasteiger partial charge in [-0.1, -0.05) is 12.1 Å². The van der Waals surface area contributed by atoms with E-state index >= 15 is 0 Å². The van der Waals surface area contributed by atoms with E-state index in [0.29, 0.717) is 30.9 Å². The number of amides is 3. The molecule has 0 aliphatic carbocycles. The first-order valence-corrected chi connectivity index (χ1v) is 10.9. The molecule has 4 heterocycles. The number of nitrogens with zero attached hydrogens (tertiary/aromatic N) is 4. The van der Waals surface area contributed by atoms with Crippen molar-refractivity contribution in [2.75, 3.05) is 36.4 Å². The molecule has 2 saturated heterocycles. The largest absolute Gasteiger partial charge is 0.365 e. The van der Waals surface area contributed by atoms with Crippen molar-refractivity contribution in [2.24, 2.45) is 0 Å². The lowest BCUT2D eigenvalue weighted by molar-refractivity contribution is -0.136. The SMILES string of the molecule is O=C1CCC(N2Cc3c(CNc4cnc(N5CCNCC5)cn4)cccc3C2=O)C(=O)N1. The van der Waals surface area contributed by atoms with E-state index in [1.807, 2.05) is 12.1 Å². The molecule has 2 fully saturated rings. The van der Waals surface area contributed by atoms with Crippen molar-refractivity contribution in [2.45, 2.75) is 32.0 Å². The molecule has 3 N–H and O–H groups in total. The Balaban J connectivity index is 1.27. The topological polar surface area (TPSA) is 120 Å². The van der Waals surface area contributed by atoms with E-state index in [1.54, 1.807) is 23.4 Å². The highest BCUT2D eigenvalue weighted by Gasteiger charge is 2.39. The summed E-state index contributed by atoms with van der Waals surface area (Å²) >= 11 is 0. The highest BCUT2D eigenvalue weighted by atomic mass is 16.2. The molecule has 0 radical (unpaired) electrons. The fourth-order valence-electron chi connectivity index (χ4n) is 4.47. The smallest absolute Gasteiger partial charge is 0.255 e. The summed E-state index contributed by atoms with van der Waals surface area (Å²) in [5.41, 5.74) is 2.48. The lowest BCUT2D eigenvalue weighted by Crippen LogP contribution is -2.52. The predicted molar refractivity (Wildman–Crippen MR) is 117 cm³/mol. The van der Waals surface area contributed by atoms with Crippen LogP contribution in [0.25, 0.3) is 0 Å². The van der Waals surface area contributed by atoms with Gasteiger partial charge in [-0.2, -0.15) is 0 Å². The minimum Gasteiger partial charge on any atom is -0.365 e. The van der Waals surface area contributed by atoms with Crippen LogP contribution in [0.5, 0.6) is 0 Å². The number of piperidine rings is 1. The average Bonchev–Trinajstić information content (AvgIpc) is 3.15. The third kappa shape index (κ3) is 3.89. The standard InChI is InChI=1S/C22H25N7O3/c30-20-5-4-17(21(31)27-20)29-13-16-14(2-1-3-15(16)22(29)32)10-24-18-11-26-19(12-25-18)28-8-6-23-7-9-28/h1-3,11-12,17,23H,4-10,13H2,(H,24,25)(H,27,30,31). The van der Waals surface area contributed by atoms with Crippen LogP contribution in [0, 0.1) is 0 Å². The Bertz CT molecular complexity index is 1050. The van der Waals surface area contributed by atoms with Gasteiger partial charge in [0.2, 0.25) is 11.8 Å². The molecule has 3 aliphatic rings. The zero-order valence-corrected chi connectivity index (χ0v) is 17.6. The number of anilines is 2. The molecule has 166 valence electrons. The summed E-state index contributed by atoms with van der Waals surface area (Å²) in [7, 11) is 0. The monoisotopic (exact) mass is 435 g/mol. The number of rotatable bonds is 5. The summed E-state index contributed by atoms with van der Waals surface area (Å²) in [5, 5.41) is 8.94. The van der Waals surface area contributed by atoms with E-state index in [2.05, 4.69) is 30.8 Å². The second-order valence-corrected chi connectivity index (χ2v) is 8.19. The molecular formula is C22H25N7O3. The maximum atomic E-state index is 12.9. The lowest BCUT2D eigenvalue weighted by atomic mass is 10.0. The summed E-state index contributed by atoms with van der Waals surface area (Å²) in [6, 6.07) is 4.99. The number of carbonyl (C=O) groups is 3. The molecule has 0 bridgehead atoms. The van der Waals surface area contributed by atoms with E-state index in [1.165, 1.54) is 0 Å². The minimum absolute atomic E-state index is 0.170. The maximum Gasteiger partial charge on any atom is 0.255 e. The first-order valence-electron chi connectivity index (χ1n) is 10.9. The Labute approximate surface area is 185 Å². The van der Waals surface area contributed by atoms with Crippen LogP contribution in [0.1, 0.15) is 34.3 Å². The third-order valence-electron chi connectivity index (χ3n) is 6.22. The van der Waals surface area contributed by atoms with Gasteiger partial charge in [0.15, 0.2) is 0 Å². The Morgan fingerprint density at radius 3 is 2.69 bits per heavy atom. The van der Waals surface area contributed by atoms with E-state index < -0.39 is 11.9 Å². The highest BCUT2D eigenvalue weighted by molar-refractivity contribution is 6.05. The Morgan fingerprint density at radius 2 is 1.94 bits per heavy atom. The van der Waals surface area contributed by atoms with Crippen molar-refractivity contribution in [3.05, 3.63) is 47.3 Å². The molecule has 3 aliphatic heterocycles. The molecule has 32 heavy (non-hydrogen) atoms. The van der Waals surface area contributed by atoms with Gasteiger partial charge < -0.3 is 20.4 Å². The normalized spacial score (nSPS) is 20.9. The molecule has 2 aromatic rings. The van der Waals surface area contributed by atoms with Gasteiger partial charge in [-0.25, -0.2) is 9.97 Å². The molecule has 1 aromatic heterocycles. The van der Waals surface area contributed by atoms with Gasteiger partial charge in [0.1, 0.15) is 17.7 Å². The van der Waals surface area contributed by atoms with Gasteiger partial charge in [0, 0.05) is 51.3 Å². The molecule has 1 unspecified atom stereocenters. The van der Waals surface area contributed by atoms with Crippen LogP contribution in [0.15, 0.2) is 30.6 Å². The van der Waals surface area contributed by atoms with Crippen molar-refractivity contribution in [3.8, 4) is 0 Å². The molecule has 1 aromatic carbocycles. The first kappa shape index (κ1) is 20.4. The van der Waals surface area contributed by atoms with Crippen molar-refractivity contribution in [1.82, 2.24) is 25.5 Å². The maximum absolute atomic E-state index is 12.9. The number of carbonyl (C=O) groups excluding carboxylic acids is 3. The van der Waals surface area contributed by atoms with Crippen molar-refractivity contribution < 1.29 is 14.4 Å². The number of nitrogens with one attached hydrogen (secondary N) is 3. The quantitative estimate of drug-likeness (QED) is 0.572. The lowest BCUT2D eigenvalue weighted by Gasteiger charge is -2.29. The molecule has 10 nitrogen and oxygen atoms in total.